The Morgan fingerprint density at radius 3 is 2.61 bits per heavy atom. The van der Waals surface area contributed by atoms with E-state index in [1.54, 1.807) is 24.3 Å². The van der Waals surface area contributed by atoms with E-state index in [1.807, 2.05) is 30.0 Å². The fourth-order valence-electron chi connectivity index (χ4n) is 3.90. The Kier molecular flexibility index (Phi) is 8.51. The van der Waals surface area contributed by atoms with Gasteiger partial charge in [0.25, 0.3) is 0 Å². The maximum absolute atomic E-state index is 13.5. The minimum atomic E-state index is -3.59. The van der Waals surface area contributed by atoms with Crippen LogP contribution in [0.15, 0.2) is 47.4 Å². The van der Waals surface area contributed by atoms with Crippen LogP contribution in [0.3, 0.4) is 0 Å². The average molecular weight is 475 g/mol. The minimum absolute atomic E-state index is 0.0913. The average Bonchev–Trinajstić information content (AvgIpc) is 2.75. The van der Waals surface area contributed by atoms with Gasteiger partial charge in [-0.3, -0.25) is 9.69 Å². The molecule has 0 amide bonds. The van der Waals surface area contributed by atoms with Crippen LogP contribution in [-0.2, 0) is 27.6 Å². The number of carboxylic acid groups (broad SMARTS) is 1. The Balaban J connectivity index is 1.88. The Morgan fingerprint density at radius 1 is 1.21 bits per heavy atom. The molecule has 0 aliphatic carbocycles. The second kappa shape index (κ2) is 11.1. The number of piperazine rings is 1. The molecule has 0 bridgehead atoms. The normalized spacial score (nSPS) is 17.3. The summed E-state index contributed by atoms with van der Waals surface area (Å²) in [5.41, 5.74) is 2.48. The van der Waals surface area contributed by atoms with Crippen LogP contribution in [0.2, 0.25) is 0 Å². The maximum atomic E-state index is 13.5. The van der Waals surface area contributed by atoms with Crippen molar-refractivity contribution in [3.63, 3.8) is 0 Å². The number of carboxylic acids is 1. The number of nitrogens with one attached hydrogen (secondary N) is 1. The van der Waals surface area contributed by atoms with Crippen LogP contribution in [-0.4, -0.2) is 56.0 Å². The van der Waals surface area contributed by atoms with Crippen molar-refractivity contribution in [1.82, 2.24) is 10.2 Å². The highest BCUT2D eigenvalue weighted by Gasteiger charge is 2.35. The highest BCUT2D eigenvalue weighted by Crippen LogP contribution is 2.27. The number of sulfone groups is 1. The molecule has 2 aromatic rings. The lowest BCUT2D eigenvalue weighted by molar-refractivity contribution is -0.136. The number of aryl methyl sites for hydroxylation is 1. The number of ether oxygens (including phenoxy) is 1. The summed E-state index contributed by atoms with van der Waals surface area (Å²) in [6.07, 6.45) is 0.806. The molecule has 3 rings (SSSR count). The largest absolute Gasteiger partial charge is 0.493 e. The molecule has 0 saturated carbocycles. The van der Waals surface area contributed by atoms with Gasteiger partial charge in [0, 0.05) is 31.7 Å². The lowest BCUT2D eigenvalue weighted by Crippen LogP contribution is -2.54. The van der Waals surface area contributed by atoms with E-state index in [1.165, 1.54) is 0 Å². The van der Waals surface area contributed by atoms with Crippen LogP contribution in [0.4, 0.5) is 0 Å². The summed E-state index contributed by atoms with van der Waals surface area (Å²) >= 11 is 0. The molecule has 33 heavy (non-hydrogen) atoms. The van der Waals surface area contributed by atoms with Gasteiger partial charge in [0.05, 0.1) is 17.9 Å². The number of rotatable bonds is 10. The monoisotopic (exact) mass is 474 g/mol. The minimum Gasteiger partial charge on any atom is -0.493 e. The molecule has 2 N–H and O–H groups in total. The Bertz CT molecular complexity index is 1050. The van der Waals surface area contributed by atoms with E-state index in [-0.39, 0.29) is 6.42 Å². The lowest BCUT2D eigenvalue weighted by Gasteiger charge is -2.36. The highest BCUT2D eigenvalue weighted by molar-refractivity contribution is 7.92. The molecule has 180 valence electrons. The third-order valence-corrected chi connectivity index (χ3v) is 7.93. The maximum Gasteiger partial charge on any atom is 0.307 e. The summed E-state index contributed by atoms with van der Waals surface area (Å²) in [6.45, 7) is 8.66. The first-order valence-electron chi connectivity index (χ1n) is 11.4. The van der Waals surface area contributed by atoms with E-state index in [0.29, 0.717) is 54.9 Å². The summed E-state index contributed by atoms with van der Waals surface area (Å²) < 4.78 is 32.9. The van der Waals surface area contributed by atoms with Gasteiger partial charge in [-0.1, -0.05) is 43.7 Å². The predicted molar refractivity (Wildman–Crippen MR) is 128 cm³/mol. The van der Waals surface area contributed by atoms with Crippen molar-refractivity contribution >= 4 is 15.8 Å². The number of nitrogens with zero attached hydrogens (tertiary/aromatic N) is 1. The smallest absolute Gasteiger partial charge is 0.307 e. The third-order valence-electron chi connectivity index (χ3n) is 5.82. The van der Waals surface area contributed by atoms with E-state index in [2.05, 4.69) is 19.2 Å². The van der Waals surface area contributed by atoms with Gasteiger partial charge >= 0.3 is 5.97 Å². The Labute approximate surface area is 196 Å². The van der Waals surface area contributed by atoms with E-state index < -0.39 is 21.2 Å². The zero-order chi connectivity index (χ0) is 24.0. The molecule has 1 aliphatic heterocycles. The number of benzene rings is 2. The number of hydrogen-bond acceptors (Lipinski definition) is 6. The Hall–Kier alpha value is -2.42. The van der Waals surface area contributed by atoms with E-state index >= 15 is 0 Å². The summed E-state index contributed by atoms with van der Waals surface area (Å²) in [4.78, 5) is 13.5. The van der Waals surface area contributed by atoms with Gasteiger partial charge in [-0.2, -0.15) is 0 Å². The van der Waals surface area contributed by atoms with E-state index in [0.717, 1.165) is 17.5 Å². The molecule has 1 unspecified atom stereocenters. The molecular weight excluding hydrogens is 440 g/mol. The zero-order valence-electron chi connectivity index (χ0n) is 19.6. The zero-order valence-corrected chi connectivity index (χ0v) is 20.4. The van der Waals surface area contributed by atoms with E-state index in [4.69, 9.17) is 4.74 Å². The molecule has 1 aliphatic rings. The SMILES string of the molecule is Cc1ccc(S(=O)(=O)C2CNCCN2Cc2cc(CC(=O)O)ccc2OCCC(C)C)cc1. The molecule has 1 atom stereocenters. The van der Waals surface area contributed by atoms with Crippen LogP contribution < -0.4 is 10.1 Å². The third kappa shape index (κ3) is 6.79. The van der Waals surface area contributed by atoms with Gasteiger partial charge < -0.3 is 15.2 Å². The highest BCUT2D eigenvalue weighted by atomic mass is 32.2. The van der Waals surface area contributed by atoms with Crippen LogP contribution in [0, 0.1) is 12.8 Å². The van der Waals surface area contributed by atoms with Crippen molar-refractivity contribution in [2.45, 2.75) is 50.4 Å². The van der Waals surface area contributed by atoms with Crippen LogP contribution in [0.5, 0.6) is 5.75 Å². The first-order chi connectivity index (χ1) is 15.7. The molecule has 0 aromatic heterocycles. The first-order valence-corrected chi connectivity index (χ1v) is 12.9. The van der Waals surface area contributed by atoms with Crippen molar-refractivity contribution in [1.29, 1.82) is 0 Å². The fourth-order valence-corrected chi connectivity index (χ4v) is 5.64. The molecule has 1 fully saturated rings. The van der Waals surface area contributed by atoms with Gasteiger partial charge in [0.2, 0.25) is 0 Å². The second-order valence-corrected chi connectivity index (χ2v) is 11.1. The van der Waals surface area contributed by atoms with Crippen molar-refractivity contribution < 1.29 is 23.1 Å². The summed E-state index contributed by atoms with van der Waals surface area (Å²) in [5.74, 6) is 0.267. The van der Waals surface area contributed by atoms with Gasteiger partial charge in [0.15, 0.2) is 9.84 Å². The van der Waals surface area contributed by atoms with Crippen molar-refractivity contribution in [2.75, 3.05) is 26.2 Å². The molecule has 2 aromatic carbocycles. The van der Waals surface area contributed by atoms with Crippen molar-refractivity contribution in [3.05, 3.63) is 59.2 Å². The molecule has 1 heterocycles. The van der Waals surface area contributed by atoms with Gasteiger partial charge in [0.1, 0.15) is 11.1 Å². The Morgan fingerprint density at radius 2 is 1.94 bits per heavy atom. The van der Waals surface area contributed by atoms with Gasteiger partial charge in [-0.25, -0.2) is 8.42 Å². The summed E-state index contributed by atoms with van der Waals surface area (Å²) in [7, 11) is -3.59. The molecule has 0 spiro atoms. The molecule has 7 nitrogen and oxygen atoms in total. The molecular formula is C25H34N2O5S. The number of aliphatic carboxylic acids is 1. The van der Waals surface area contributed by atoms with E-state index in [9.17, 15) is 18.3 Å². The van der Waals surface area contributed by atoms with Crippen LogP contribution in [0.25, 0.3) is 0 Å². The van der Waals surface area contributed by atoms with Crippen molar-refractivity contribution in [3.8, 4) is 5.75 Å². The summed E-state index contributed by atoms with van der Waals surface area (Å²) in [6, 6.07) is 12.3. The molecule has 0 radical (unpaired) electrons. The topological polar surface area (TPSA) is 95.9 Å². The number of hydrogen-bond donors (Lipinski definition) is 2. The fraction of sp³-hybridized carbons (Fsp3) is 0.480. The number of carbonyl (C=O) groups is 1. The van der Waals surface area contributed by atoms with Crippen LogP contribution >= 0.6 is 0 Å². The van der Waals surface area contributed by atoms with Gasteiger partial charge in [-0.05, 0) is 43.0 Å². The summed E-state index contributed by atoms with van der Waals surface area (Å²) in [5, 5.41) is 11.7. The standard InChI is InChI=1S/C25H34N2O5S/c1-18(2)10-13-32-23-9-6-20(15-25(28)29)14-21(23)17-27-12-11-26-16-24(27)33(30,31)22-7-4-19(3)5-8-22/h4-9,14,18,24,26H,10-13,15-17H2,1-3H3,(H,28,29). The van der Waals surface area contributed by atoms with Crippen molar-refractivity contribution in [2.24, 2.45) is 5.92 Å². The lowest BCUT2D eigenvalue weighted by atomic mass is 10.1. The first kappa shape index (κ1) is 25.2. The van der Waals surface area contributed by atoms with Gasteiger partial charge in [-0.15, -0.1) is 0 Å². The molecule has 8 heteroatoms. The predicted octanol–water partition coefficient (Wildman–Crippen LogP) is 3.25. The second-order valence-electron chi connectivity index (χ2n) is 9.03. The van der Waals surface area contributed by atoms with Crippen LogP contribution in [0.1, 0.15) is 37.0 Å². The quantitative estimate of drug-likeness (QED) is 0.546. The molecule has 1 saturated heterocycles.